The van der Waals surface area contributed by atoms with Crippen LogP contribution in [0.25, 0.3) is 0 Å². The lowest BCUT2D eigenvalue weighted by Crippen LogP contribution is -2.48. The Labute approximate surface area is 181 Å². The van der Waals surface area contributed by atoms with E-state index in [2.05, 4.69) is 5.32 Å². The van der Waals surface area contributed by atoms with Crippen LogP contribution >= 0.6 is 0 Å². The molecule has 0 saturated heterocycles. The highest BCUT2D eigenvalue weighted by Gasteiger charge is 2.42. The number of rotatable bonds is 6. The molecule has 5 nitrogen and oxygen atoms in total. The van der Waals surface area contributed by atoms with Crippen LogP contribution in [0.1, 0.15) is 44.3 Å². The lowest BCUT2D eigenvalue weighted by atomic mass is 10.0. The van der Waals surface area contributed by atoms with Crippen LogP contribution in [0.4, 0.5) is 5.69 Å². The van der Waals surface area contributed by atoms with E-state index in [4.69, 9.17) is 0 Å². The van der Waals surface area contributed by atoms with Crippen molar-refractivity contribution in [2.24, 2.45) is 0 Å². The first-order valence-electron chi connectivity index (χ1n) is 10.4. The Morgan fingerprint density at radius 1 is 0.871 bits per heavy atom. The molecule has 5 heteroatoms. The van der Waals surface area contributed by atoms with Gasteiger partial charge in [0.2, 0.25) is 5.91 Å². The third kappa shape index (κ3) is 3.87. The van der Waals surface area contributed by atoms with Crippen LogP contribution in [-0.4, -0.2) is 28.7 Å². The van der Waals surface area contributed by atoms with Crippen LogP contribution in [0.3, 0.4) is 0 Å². The van der Waals surface area contributed by atoms with E-state index in [1.807, 2.05) is 62.4 Å². The minimum Gasteiger partial charge on any atom is -0.324 e. The Kier molecular flexibility index (Phi) is 5.67. The maximum absolute atomic E-state index is 13.5. The second-order valence-electron chi connectivity index (χ2n) is 7.68. The van der Waals surface area contributed by atoms with E-state index < -0.39 is 17.9 Å². The van der Waals surface area contributed by atoms with Gasteiger partial charge in [0.05, 0.1) is 11.1 Å². The van der Waals surface area contributed by atoms with Crippen LogP contribution < -0.4 is 5.32 Å². The van der Waals surface area contributed by atoms with Gasteiger partial charge in [-0.1, -0.05) is 67.6 Å². The number of imide groups is 1. The molecule has 0 spiro atoms. The van der Waals surface area contributed by atoms with E-state index in [9.17, 15) is 14.4 Å². The van der Waals surface area contributed by atoms with E-state index in [1.54, 1.807) is 24.3 Å². The molecule has 0 fully saturated rings. The van der Waals surface area contributed by atoms with Gasteiger partial charge in [0, 0.05) is 12.1 Å². The highest BCUT2D eigenvalue weighted by Crippen LogP contribution is 2.28. The molecule has 3 amide bonds. The Morgan fingerprint density at radius 3 is 2.10 bits per heavy atom. The minimum absolute atomic E-state index is 0.242. The zero-order valence-corrected chi connectivity index (χ0v) is 17.6. The van der Waals surface area contributed by atoms with Gasteiger partial charge in [0.25, 0.3) is 11.8 Å². The summed E-state index contributed by atoms with van der Waals surface area (Å²) in [6, 6.07) is 21.0. The topological polar surface area (TPSA) is 66.5 Å². The molecule has 0 saturated carbocycles. The lowest BCUT2D eigenvalue weighted by molar-refractivity contribution is -0.119. The number of carbonyl (C=O) groups excluding carboxylic acids is 3. The number of aryl methyl sites for hydroxylation is 2. The van der Waals surface area contributed by atoms with Gasteiger partial charge in [-0.15, -0.1) is 0 Å². The number of fused-ring (bicyclic) bond motifs is 1. The molecule has 3 aromatic rings. The van der Waals surface area contributed by atoms with Crippen LogP contribution in [0.2, 0.25) is 0 Å². The van der Waals surface area contributed by atoms with Crippen molar-refractivity contribution < 1.29 is 14.4 Å². The Balaban J connectivity index is 1.71. The predicted octanol–water partition coefficient (Wildman–Crippen LogP) is 4.40. The van der Waals surface area contributed by atoms with E-state index in [-0.39, 0.29) is 12.3 Å². The van der Waals surface area contributed by atoms with Crippen molar-refractivity contribution in [3.8, 4) is 0 Å². The number of hydrogen-bond donors (Lipinski definition) is 1. The molecule has 0 unspecified atom stereocenters. The zero-order chi connectivity index (χ0) is 22.0. The molecule has 1 N–H and O–H groups in total. The molecule has 4 rings (SSSR count). The van der Waals surface area contributed by atoms with Gasteiger partial charge in [-0.25, -0.2) is 0 Å². The summed E-state index contributed by atoms with van der Waals surface area (Å²) in [7, 11) is 0. The summed E-state index contributed by atoms with van der Waals surface area (Å²) in [5.74, 6) is -1.24. The molecule has 1 aliphatic heterocycles. The molecular formula is C26H24N2O3. The summed E-state index contributed by atoms with van der Waals surface area (Å²) in [4.78, 5) is 40.8. The first-order chi connectivity index (χ1) is 15.0. The first kappa shape index (κ1) is 20.5. The summed E-state index contributed by atoms with van der Waals surface area (Å²) in [6.07, 6.45) is 0.999. The summed E-state index contributed by atoms with van der Waals surface area (Å²) in [5.41, 5.74) is 4.24. The number of nitrogens with zero attached hydrogens (tertiary/aromatic N) is 1. The predicted molar refractivity (Wildman–Crippen MR) is 120 cm³/mol. The smallest absolute Gasteiger partial charge is 0.262 e. The summed E-state index contributed by atoms with van der Waals surface area (Å²) >= 11 is 0. The van der Waals surface area contributed by atoms with Gasteiger partial charge in [-0.2, -0.15) is 0 Å². The fourth-order valence-corrected chi connectivity index (χ4v) is 4.04. The van der Waals surface area contributed by atoms with Gasteiger partial charge in [-0.3, -0.25) is 19.3 Å². The second kappa shape index (κ2) is 8.56. The van der Waals surface area contributed by atoms with Crippen LogP contribution in [0, 0.1) is 6.92 Å². The maximum Gasteiger partial charge on any atom is 0.262 e. The molecule has 1 heterocycles. The quantitative estimate of drug-likeness (QED) is 0.610. The van der Waals surface area contributed by atoms with Crippen LogP contribution in [0.15, 0.2) is 72.8 Å². The Hall–Kier alpha value is -3.73. The molecule has 1 atom stereocenters. The molecule has 0 bridgehead atoms. The average molecular weight is 412 g/mol. The Bertz CT molecular complexity index is 1120. The lowest BCUT2D eigenvalue weighted by Gasteiger charge is -2.26. The van der Waals surface area contributed by atoms with Crippen molar-refractivity contribution in [3.63, 3.8) is 0 Å². The highest BCUT2D eigenvalue weighted by molar-refractivity contribution is 6.23. The fraction of sp³-hybridized carbons (Fsp3) is 0.192. The standard InChI is InChI=1S/C26H24N2O3/c1-3-19-13-9-10-17(2)23(19)27-24(29)22(16-18-11-5-4-6-12-18)28-25(30)20-14-7-8-15-21(20)26(28)31/h4-15,22H,3,16H2,1-2H3,(H,27,29)/t22-/m0/s1. The molecule has 31 heavy (non-hydrogen) atoms. The summed E-state index contributed by atoms with van der Waals surface area (Å²) in [6.45, 7) is 3.96. The SMILES string of the molecule is CCc1cccc(C)c1NC(=O)[C@H](Cc1ccccc1)N1C(=O)c2ccccc2C1=O. The highest BCUT2D eigenvalue weighted by atomic mass is 16.2. The largest absolute Gasteiger partial charge is 0.324 e. The Morgan fingerprint density at radius 2 is 1.48 bits per heavy atom. The number of benzene rings is 3. The molecular weight excluding hydrogens is 388 g/mol. The molecule has 0 aromatic heterocycles. The zero-order valence-electron chi connectivity index (χ0n) is 17.6. The van der Waals surface area contributed by atoms with Crippen molar-refractivity contribution >= 4 is 23.4 Å². The summed E-state index contributed by atoms with van der Waals surface area (Å²) < 4.78 is 0. The molecule has 0 radical (unpaired) electrons. The van der Waals surface area contributed by atoms with Gasteiger partial charge in [0.15, 0.2) is 0 Å². The number of nitrogens with one attached hydrogen (secondary N) is 1. The first-order valence-corrected chi connectivity index (χ1v) is 10.4. The maximum atomic E-state index is 13.5. The number of carbonyl (C=O) groups is 3. The number of anilines is 1. The average Bonchev–Trinajstić information content (AvgIpc) is 3.04. The number of para-hydroxylation sites is 1. The van der Waals surface area contributed by atoms with E-state index in [0.29, 0.717) is 11.1 Å². The van der Waals surface area contributed by atoms with Gasteiger partial charge in [-0.05, 0) is 42.2 Å². The molecule has 0 aliphatic carbocycles. The fourth-order valence-electron chi connectivity index (χ4n) is 4.04. The van der Waals surface area contributed by atoms with Crippen LogP contribution in [-0.2, 0) is 17.6 Å². The van der Waals surface area contributed by atoms with Crippen molar-refractivity contribution in [2.75, 3.05) is 5.32 Å². The monoisotopic (exact) mass is 412 g/mol. The van der Waals surface area contributed by atoms with Crippen LogP contribution in [0.5, 0.6) is 0 Å². The molecule has 1 aliphatic rings. The minimum atomic E-state index is -0.959. The van der Waals surface area contributed by atoms with Crippen molar-refractivity contribution in [2.45, 2.75) is 32.7 Å². The second-order valence-corrected chi connectivity index (χ2v) is 7.68. The number of amides is 3. The van der Waals surface area contributed by atoms with Crippen molar-refractivity contribution in [1.82, 2.24) is 4.90 Å². The molecule has 3 aromatic carbocycles. The number of hydrogen-bond acceptors (Lipinski definition) is 3. The summed E-state index contributed by atoms with van der Waals surface area (Å²) in [5, 5.41) is 3.01. The van der Waals surface area contributed by atoms with E-state index in [1.165, 1.54) is 0 Å². The van der Waals surface area contributed by atoms with Crippen molar-refractivity contribution in [3.05, 3.63) is 101 Å². The third-order valence-electron chi connectivity index (χ3n) is 5.70. The van der Waals surface area contributed by atoms with E-state index >= 15 is 0 Å². The van der Waals surface area contributed by atoms with Gasteiger partial charge < -0.3 is 5.32 Å². The normalized spacial score (nSPS) is 13.8. The van der Waals surface area contributed by atoms with E-state index in [0.717, 1.165) is 33.7 Å². The van der Waals surface area contributed by atoms with Crippen molar-refractivity contribution in [1.29, 1.82) is 0 Å². The third-order valence-corrected chi connectivity index (χ3v) is 5.70. The van der Waals surface area contributed by atoms with Gasteiger partial charge >= 0.3 is 0 Å². The van der Waals surface area contributed by atoms with Gasteiger partial charge in [0.1, 0.15) is 6.04 Å². The molecule has 156 valence electrons.